The van der Waals surface area contributed by atoms with Gasteiger partial charge in [-0.25, -0.2) is 4.79 Å². The normalized spacial score (nSPS) is 16.5. The molecule has 1 aliphatic rings. The van der Waals surface area contributed by atoms with Crippen LogP contribution < -0.4 is 0 Å². The second-order valence-electron chi connectivity index (χ2n) is 5.17. The number of hydrogen-bond donors (Lipinski definition) is 0. The Balaban J connectivity index is 2.00. The molecule has 106 valence electrons. The summed E-state index contributed by atoms with van der Waals surface area (Å²) in [7, 11) is 1.40. The number of methoxy groups -OCH3 is 1. The third kappa shape index (κ3) is 2.29. The average molecular weight is 274 g/mol. The van der Waals surface area contributed by atoms with Crippen molar-refractivity contribution < 1.29 is 14.3 Å². The number of fused-ring (bicyclic) bond motifs is 1. The Labute approximate surface area is 117 Å². The summed E-state index contributed by atoms with van der Waals surface area (Å²) >= 11 is 0. The van der Waals surface area contributed by atoms with Gasteiger partial charge in [0.25, 0.3) is 0 Å². The van der Waals surface area contributed by atoms with Crippen LogP contribution in [0.3, 0.4) is 0 Å². The van der Waals surface area contributed by atoms with Gasteiger partial charge in [-0.05, 0) is 37.5 Å². The van der Waals surface area contributed by atoms with Gasteiger partial charge >= 0.3 is 5.97 Å². The third-order valence-electron chi connectivity index (χ3n) is 3.84. The Bertz CT molecular complexity index is 642. The molecule has 5 heteroatoms. The number of carbonyl (C=O) groups is 1. The molecule has 0 bridgehead atoms. The molecule has 2 heterocycles. The van der Waals surface area contributed by atoms with Gasteiger partial charge < -0.3 is 9.47 Å². The van der Waals surface area contributed by atoms with Gasteiger partial charge in [0.2, 0.25) is 0 Å². The largest absolute Gasteiger partial charge is 0.465 e. The minimum atomic E-state index is -0.303. The molecule has 20 heavy (non-hydrogen) atoms. The first-order valence-corrected chi connectivity index (χ1v) is 6.84. The first kappa shape index (κ1) is 13.1. The van der Waals surface area contributed by atoms with E-state index in [0.29, 0.717) is 11.6 Å². The van der Waals surface area contributed by atoms with Crippen LogP contribution in [0.15, 0.2) is 18.3 Å². The van der Waals surface area contributed by atoms with Crippen molar-refractivity contribution >= 4 is 16.9 Å². The predicted molar refractivity (Wildman–Crippen MR) is 74.9 cm³/mol. The van der Waals surface area contributed by atoms with Crippen molar-refractivity contribution in [3.8, 4) is 0 Å². The lowest BCUT2D eigenvalue weighted by atomic mass is 10.1. The maximum Gasteiger partial charge on any atom is 0.338 e. The van der Waals surface area contributed by atoms with E-state index >= 15 is 0 Å². The summed E-state index contributed by atoms with van der Waals surface area (Å²) < 4.78 is 12.2. The molecular formula is C15H18N2O3. The molecule has 0 spiro atoms. The van der Waals surface area contributed by atoms with Crippen LogP contribution in [0.1, 0.15) is 34.8 Å². The summed E-state index contributed by atoms with van der Waals surface area (Å²) in [6.45, 7) is 3.47. The Kier molecular flexibility index (Phi) is 3.44. The van der Waals surface area contributed by atoms with Crippen LogP contribution in [0.4, 0.5) is 0 Å². The first-order valence-electron chi connectivity index (χ1n) is 6.84. The van der Waals surface area contributed by atoms with E-state index in [-0.39, 0.29) is 5.97 Å². The van der Waals surface area contributed by atoms with Crippen LogP contribution in [-0.4, -0.2) is 36.1 Å². The molecule has 0 saturated carbocycles. The molecule has 1 aliphatic heterocycles. The van der Waals surface area contributed by atoms with Crippen LogP contribution in [-0.2, 0) is 9.47 Å². The van der Waals surface area contributed by atoms with Gasteiger partial charge in [-0.3, -0.25) is 4.68 Å². The average Bonchev–Trinajstić information content (AvgIpc) is 2.89. The van der Waals surface area contributed by atoms with E-state index in [1.165, 1.54) is 7.11 Å². The molecule has 1 fully saturated rings. The standard InChI is InChI=1S/C15H18N2O3/c1-10-7-14-11(8-13(10)15(18)19-2)9-17(16-14)12-3-5-20-6-4-12/h7-9,12H,3-6H2,1-2H3. The number of rotatable bonds is 2. The lowest BCUT2D eigenvalue weighted by Crippen LogP contribution is -2.19. The van der Waals surface area contributed by atoms with Gasteiger partial charge in [0, 0.05) is 24.8 Å². The number of benzene rings is 1. The van der Waals surface area contributed by atoms with Crippen molar-refractivity contribution in [3.63, 3.8) is 0 Å². The molecule has 0 unspecified atom stereocenters. The Morgan fingerprint density at radius 2 is 2.15 bits per heavy atom. The van der Waals surface area contributed by atoms with E-state index in [9.17, 15) is 4.79 Å². The highest BCUT2D eigenvalue weighted by Crippen LogP contribution is 2.25. The highest BCUT2D eigenvalue weighted by atomic mass is 16.5. The smallest absolute Gasteiger partial charge is 0.338 e. The molecule has 1 aromatic heterocycles. The Hall–Kier alpha value is -1.88. The second-order valence-corrected chi connectivity index (χ2v) is 5.17. The summed E-state index contributed by atoms with van der Waals surface area (Å²) in [5.41, 5.74) is 2.41. The lowest BCUT2D eigenvalue weighted by Gasteiger charge is -2.22. The zero-order chi connectivity index (χ0) is 14.1. The highest BCUT2D eigenvalue weighted by Gasteiger charge is 2.18. The van der Waals surface area contributed by atoms with Gasteiger partial charge in [0.1, 0.15) is 0 Å². The van der Waals surface area contributed by atoms with E-state index in [2.05, 4.69) is 5.10 Å². The quantitative estimate of drug-likeness (QED) is 0.789. The topological polar surface area (TPSA) is 53.4 Å². The van der Waals surface area contributed by atoms with E-state index < -0.39 is 0 Å². The third-order valence-corrected chi connectivity index (χ3v) is 3.84. The van der Waals surface area contributed by atoms with Gasteiger partial charge in [-0.15, -0.1) is 0 Å². The summed E-state index contributed by atoms with van der Waals surface area (Å²) in [4.78, 5) is 11.7. The van der Waals surface area contributed by atoms with E-state index in [0.717, 1.165) is 42.5 Å². The number of esters is 1. The van der Waals surface area contributed by atoms with Gasteiger partial charge in [0.05, 0.1) is 24.2 Å². The fourth-order valence-electron chi connectivity index (χ4n) is 2.66. The Morgan fingerprint density at radius 3 is 2.85 bits per heavy atom. The maximum absolute atomic E-state index is 11.7. The van der Waals surface area contributed by atoms with Gasteiger partial charge in [0.15, 0.2) is 0 Å². The molecule has 0 amide bonds. The number of aromatic nitrogens is 2. The predicted octanol–water partition coefficient (Wildman–Crippen LogP) is 2.48. The molecule has 0 radical (unpaired) electrons. The van der Waals surface area contributed by atoms with Crippen LogP contribution in [0, 0.1) is 6.92 Å². The molecular weight excluding hydrogens is 256 g/mol. The summed E-state index contributed by atoms with van der Waals surface area (Å²) in [6.07, 6.45) is 3.98. The second kappa shape index (κ2) is 5.25. The molecule has 2 aromatic rings. The maximum atomic E-state index is 11.7. The molecule has 1 aromatic carbocycles. The van der Waals surface area contributed by atoms with Crippen LogP contribution in [0.2, 0.25) is 0 Å². The highest BCUT2D eigenvalue weighted by molar-refractivity contribution is 5.96. The van der Waals surface area contributed by atoms with E-state index in [1.807, 2.05) is 29.9 Å². The van der Waals surface area contributed by atoms with Crippen molar-refractivity contribution in [2.75, 3.05) is 20.3 Å². The lowest BCUT2D eigenvalue weighted by molar-refractivity contribution is 0.0600. The zero-order valence-corrected chi connectivity index (χ0v) is 11.8. The number of carbonyl (C=O) groups excluding carboxylic acids is 1. The van der Waals surface area contributed by atoms with Gasteiger partial charge in [-0.1, -0.05) is 0 Å². The number of nitrogens with zero attached hydrogens (tertiary/aromatic N) is 2. The van der Waals surface area contributed by atoms with Crippen LogP contribution in [0.5, 0.6) is 0 Å². The minimum absolute atomic E-state index is 0.303. The minimum Gasteiger partial charge on any atom is -0.465 e. The monoisotopic (exact) mass is 274 g/mol. The van der Waals surface area contributed by atoms with Gasteiger partial charge in [-0.2, -0.15) is 5.10 Å². The van der Waals surface area contributed by atoms with E-state index in [4.69, 9.17) is 9.47 Å². The van der Waals surface area contributed by atoms with Crippen molar-refractivity contribution in [1.82, 2.24) is 9.78 Å². The number of ether oxygens (including phenoxy) is 2. The van der Waals surface area contributed by atoms with E-state index in [1.54, 1.807) is 0 Å². The summed E-state index contributed by atoms with van der Waals surface area (Å²) in [5, 5.41) is 5.61. The molecule has 0 aliphatic carbocycles. The summed E-state index contributed by atoms with van der Waals surface area (Å²) in [5.74, 6) is -0.303. The number of aryl methyl sites for hydroxylation is 1. The number of hydrogen-bond acceptors (Lipinski definition) is 4. The Morgan fingerprint density at radius 1 is 1.40 bits per heavy atom. The van der Waals surface area contributed by atoms with Crippen molar-refractivity contribution in [2.24, 2.45) is 0 Å². The van der Waals surface area contributed by atoms with Crippen molar-refractivity contribution in [3.05, 3.63) is 29.5 Å². The van der Waals surface area contributed by atoms with Crippen molar-refractivity contribution in [2.45, 2.75) is 25.8 Å². The summed E-state index contributed by atoms with van der Waals surface area (Å²) in [6, 6.07) is 4.19. The molecule has 0 N–H and O–H groups in total. The SMILES string of the molecule is COC(=O)c1cc2cn(C3CCOCC3)nc2cc1C. The fourth-order valence-corrected chi connectivity index (χ4v) is 2.66. The zero-order valence-electron chi connectivity index (χ0n) is 11.8. The van der Waals surface area contributed by atoms with Crippen LogP contribution >= 0.6 is 0 Å². The first-order chi connectivity index (χ1) is 9.69. The molecule has 5 nitrogen and oxygen atoms in total. The van der Waals surface area contributed by atoms with Crippen LogP contribution in [0.25, 0.3) is 10.9 Å². The molecule has 1 saturated heterocycles. The fraction of sp³-hybridized carbons (Fsp3) is 0.467. The molecule has 3 rings (SSSR count). The molecule has 0 atom stereocenters. The van der Waals surface area contributed by atoms with Crippen molar-refractivity contribution in [1.29, 1.82) is 0 Å².